The first kappa shape index (κ1) is 19.7. The van der Waals surface area contributed by atoms with Crippen molar-refractivity contribution in [2.75, 3.05) is 27.3 Å². The van der Waals surface area contributed by atoms with Crippen molar-refractivity contribution in [2.45, 2.75) is 37.8 Å². The largest absolute Gasteiger partial charge is 0.466 e. The Morgan fingerprint density at radius 2 is 1.25 bits per heavy atom. The third-order valence-corrected chi connectivity index (χ3v) is 4.96. The van der Waals surface area contributed by atoms with Crippen LogP contribution in [0.5, 0.6) is 0 Å². The molecule has 10 nitrogen and oxygen atoms in total. The van der Waals surface area contributed by atoms with Crippen LogP contribution in [-0.2, 0) is 28.5 Å². The fourth-order valence-electron chi connectivity index (χ4n) is 3.62. The molecule has 0 aromatic rings. The summed E-state index contributed by atoms with van der Waals surface area (Å²) in [5.74, 6) is -0.137. The molecule has 4 aliphatic rings. The van der Waals surface area contributed by atoms with Crippen molar-refractivity contribution in [2.24, 2.45) is 0 Å². The van der Waals surface area contributed by atoms with Crippen molar-refractivity contribution in [3.8, 4) is 0 Å². The second-order valence-electron chi connectivity index (χ2n) is 6.58. The number of nitrogens with zero attached hydrogens (tertiary/aromatic N) is 2. The first-order chi connectivity index (χ1) is 13.4. The second-order valence-corrected chi connectivity index (χ2v) is 6.58. The smallest absolute Gasteiger partial charge is 0.415 e. The average molecular weight is 394 g/mol. The normalized spacial score (nSPS) is 27.8. The SMILES string of the molecule is COC(=O)/C=C1/OC(=O)N2CCC[C@@H]12.COC(=O)/C=C1/OC(=O)N2CCC[C@@H]12. The van der Waals surface area contributed by atoms with E-state index >= 15 is 0 Å². The minimum Gasteiger partial charge on any atom is -0.466 e. The van der Waals surface area contributed by atoms with Crippen molar-refractivity contribution in [1.82, 2.24) is 9.80 Å². The summed E-state index contributed by atoms with van der Waals surface area (Å²) in [5.41, 5.74) is 0. The van der Waals surface area contributed by atoms with E-state index in [1.807, 2.05) is 0 Å². The van der Waals surface area contributed by atoms with Crippen LogP contribution in [0.15, 0.2) is 23.7 Å². The number of rotatable bonds is 2. The van der Waals surface area contributed by atoms with E-state index in [1.54, 1.807) is 9.80 Å². The van der Waals surface area contributed by atoms with Crippen LogP contribution < -0.4 is 0 Å². The maximum atomic E-state index is 11.2. The molecule has 4 rings (SSSR count). The fourth-order valence-corrected chi connectivity index (χ4v) is 3.62. The summed E-state index contributed by atoms with van der Waals surface area (Å²) in [6.45, 7) is 1.42. The molecule has 0 aromatic heterocycles. The van der Waals surface area contributed by atoms with Gasteiger partial charge in [0.05, 0.1) is 38.5 Å². The van der Waals surface area contributed by atoms with Crippen LogP contribution in [-0.4, -0.2) is 73.3 Å². The number of fused-ring (bicyclic) bond motifs is 2. The average Bonchev–Trinajstić information content (AvgIpc) is 3.43. The zero-order valence-electron chi connectivity index (χ0n) is 15.7. The molecule has 4 fully saturated rings. The molecule has 10 heteroatoms. The fraction of sp³-hybridized carbons (Fsp3) is 0.556. The molecule has 4 saturated heterocycles. The van der Waals surface area contributed by atoms with Crippen LogP contribution in [0, 0.1) is 0 Å². The Labute approximate surface area is 161 Å². The zero-order valence-corrected chi connectivity index (χ0v) is 15.7. The number of carbonyl (C=O) groups excluding carboxylic acids is 4. The van der Waals surface area contributed by atoms with Gasteiger partial charge in [0.25, 0.3) is 0 Å². The number of hydrogen-bond acceptors (Lipinski definition) is 8. The van der Waals surface area contributed by atoms with E-state index < -0.39 is 11.9 Å². The van der Waals surface area contributed by atoms with Gasteiger partial charge in [-0.2, -0.15) is 0 Å². The van der Waals surface area contributed by atoms with E-state index in [1.165, 1.54) is 26.4 Å². The van der Waals surface area contributed by atoms with E-state index in [9.17, 15) is 19.2 Å². The van der Waals surface area contributed by atoms with Gasteiger partial charge in [0.15, 0.2) is 0 Å². The molecular formula is C18H22N2O8. The number of hydrogen-bond donors (Lipinski definition) is 0. The van der Waals surface area contributed by atoms with Crippen molar-refractivity contribution in [3.05, 3.63) is 23.7 Å². The first-order valence-corrected chi connectivity index (χ1v) is 9.00. The van der Waals surface area contributed by atoms with E-state index in [0.29, 0.717) is 24.6 Å². The van der Waals surface area contributed by atoms with Gasteiger partial charge < -0.3 is 18.9 Å². The summed E-state index contributed by atoms with van der Waals surface area (Å²) >= 11 is 0. The van der Waals surface area contributed by atoms with E-state index in [2.05, 4.69) is 9.47 Å². The quantitative estimate of drug-likeness (QED) is 0.392. The Hall–Kier alpha value is -3.04. The molecule has 0 unspecified atom stereocenters. The van der Waals surface area contributed by atoms with Crippen LogP contribution in [0.3, 0.4) is 0 Å². The maximum absolute atomic E-state index is 11.2. The third-order valence-electron chi connectivity index (χ3n) is 4.96. The maximum Gasteiger partial charge on any atom is 0.415 e. The lowest BCUT2D eigenvalue weighted by Gasteiger charge is -2.09. The highest BCUT2D eigenvalue weighted by Gasteiger charge is 2.42. The van der Waals surface area contributed by atoms with Crippen LogP contribution in [0.4, 0.5) is 9.59 Å². The summed E-state index contributed by atoms with van der Waals surface area (Å²) in [6, 6.07) is -0.108. The van der Waals surface area contributed by atoms with Gasteiger partial charge in [0, 0.05) is 13.1 Å². The molecule has 0 radical (unpaired) electrons. The predicted molar refractivity (Wildman–Crippen MR) is 92.6 cm³/mol. The zero-order chi connectivity index (χ0) is 20.3. The van der Waals surface area contributed by atoms with Gasteiger partial charge in [0.2, 0.25) is 0 Å². The highest BCUT2D eigenvalue weighted by molar-refractivity contribution is 5.85. The molecule has 0 saturated carbocycles. The number of amides is 2. The van der Waals surface area contributed by atoms with Gasteiger partial charge in [-0.05, 0) is 25.7 Å². The lowest BCUT2D eigenvalue weighted by molar-refractivity contribution is -0.135. The third kappa shape index (κ3) is 3.95. The van der Waals surface area contributed by atoms with Gasteiger partial charge >= 0.3 is 24.1 Å². The van der Waals surface area contributed by atoms with Gasteiger partial charge in [-0.1, -0.05) is 0 Å². The Morgan fingerprint density at radius 1 is 0.857 bits per heavy atom. The van der Waals surface area contributed by atoms with E-state index in [4.69, 9.17) is 9.47 Å². The Morgan fingerprint density at radius 3 is 1.61 bits per heavy atom. The predicted octanol–water partition coefficient (Wildman–Crippen LogP) is 1.32. The van der Waals surface area contributed by atoms with Crippen molar-refractivity contribution in [1.29, 1.82) is 0 Å². The molecule has 152 valence electrons. The van der Waals surface area contributed by atoms with E-state index in [-0.39, 0.29) is 24.3 Å². The molecule has 0 N–H and O–H groups in total. The number of ether oxygens (including phenoxy) is 4. The summed E-state index contributed by atoms with van der Waals surface area (Å²) in [6.07, 6.45) is 5.40. The Kier molecular flexibility index (Phi) is 5.86. The lowest BCUT2D eigenvalue weighted by Crippen LogP contribution is -2.26. The number of methoxy groups -OCH3 is 2. The molecule has 4 heterocycles. The minimum atomic E-state index is -0.485. The lowest BCUT2D eigenvalue weighted by atomic mass is 10.2. The Bertz CT molecular complexity index is 682. The summed E-state index contributed by atoms with van der Waals surface area (Å²) in [5, 5.41) is 0. The minimum absolute atomic E-state index is 0.0541. The highest BCUT2D eigenvalue weighted by Crippen LogP contribution is 2.32. The standard InChI is InChI=1S/2C9H11NO4/c2*1-13-8(11)5-7-6-3-2-4-10(6)9(12)14-7/h2*5-6H,2-4H2,1H3/b2*7-5+/t2*6-/m00/s1. The molecule has 2 amide bonds. The van der Waals surface area contributed by atoms with Crippen molar-refractivity contribution < 1.29 is 38.1 Å². The van der Waals surface area contributed by atoms with Crippen LogP contribution in [0.1, 0.15) is 25.7 Å². The van der Waals surface area contributed by atoms with Gasteiger partial charge in [-0.15, -0.1) is 0 Å². The highest BCUT2D eigenvalue weighted by atomic mass is 16.6. The second kappa shape index (κ2) is 8.32. The first-order valence-electron chi connectivity index (χ1n) is 9.00. The van der Waals surface area contributed by atoms with Crippen LogP contribution in [0.25, 0.3) is 0 Å². The molecule has 28 heavy (non-hydrogen) atoms. The molecule has 4 aliphatic heterocycles. The van der Waals surface area contributed by atoms with Gasteiger partial charge in [-0.25, -0.2) is 19.2 Å². The molecule has 0 bridgehead atoms. The van der Waals surface area contributed by atoms with Crippen LogP contribution in [0.2, 0.25) is 0 Å². The Balaban J connectivity index is 0.000000161. The molecule has 2 atom stereocenters. The summed E-state index contributed by atoms with van der Waals surface area (Å²) in [4.78, 5) is 47.7. The van der Waals surface area contributed by atoms with Gasteiger partial charge in [-0.3, -0.25) is 9.80 Å². The number of carbonyl (C=O) groups is 4. The van der Waals surface area contributed by atoms with Crippen LogP contribution >= 0.6 is 0 Å². The summed E-state index contributed by atoms with van der Waals surface area (Å²) in [7, 11) is 2.59. The summed E-state index contributed by atoms with van der Waals surface area (Å²) < 4.78 is 18.8. The molecule has 0 aromatic carbocycles. The van der Waals surface area contributed by atoms with Gasteiger partial charge in [0.1, 0.15) is 11.5 Å². The number of cyclic esters (lactones) is 2. The molecule has 0 aliphatic carbocycles. The van der Waals surface area contributed by atoms with E-state index in [0.717, 1.165) is 25.7 Å². The number of esters is 2. The monoisotopic (exact) mass is 394 g/mol. The van der Waals surface area contributed by atoms with Crippen molar-refractivity contribution in [3.63, 3.8) is 0 Å². The molecule has 0 spiro atoms. The topological polar surface area (TPSA) is 112 Å². The van der Waals surface area contributed by atoms with Crippen molar-refractivity contribution >= 4 is 24.1 Å². The molecular weight excluding hydrogens is 372 g/mol.